The lowest BCUT2D eigenvalue weighted by molar-refractivity contribution is -0.123. The van der Waals surface area contributed by atoms with E-state index in [4.69, 9.17) is 0 Å². The number of anilines is 1. The molecule has 2 saturated carbocycles. The van der Waals surface area contributed by atoms with Gasteiger partial charge in [-0.25, -0.2) is 9.97 Å². The molecule has 3 fully saturated rings. The predicted octanol–water partition coefficient (Wildman–Crippen LogP) is 1.92. The summed E-state index contributed by atoms with van der Waals surface area (Å²) in [5, 5.41) is 3.29. The van der Waals surface area contributed by atoms with Gasteiger partial charge in [-0.1, -0.05) is 6.42 Å². The van der Waals surface area contributed by atoms with Gasteiger partial charge in [0.2, 0.25) is 5.91 Å². The molecule has 1 aromatic rings. The number of carbonyl (C=O) groups is 1. The zero-order chi connectivity index (χ0) is 15.1. The fourth-order valence-electron chi connectivity index (χ4n) is 4.37. The third kappa shape index (κ3) is 2.57. The largest absolute Gasteiger partial charge is 0.356 e. The first kappa shape index (κ1) is 14.0. The first-order valence-corrected chi connectivity index (χ1v) is 8.56. The number of piperidine rings is 1. The average Bonchev–Trinajstić information content (AvgIpc) is 3.01. The predicted molar refractivity (Wildman–Crippen MR) is 84.5 cm³/mol. The van der Waals surface area contributed by atoms with Crippen molar-refractivity contribution in [2.75, 3.05) is 18.0 Å². The summed E-state index contributed by atoms with van der Waals surface area (Å²) in [5.74, 6) is 3.10. The molecule has 1 aromatic heterocycles. The Hall–Kier alpha value is -1.65. The molecule has 1 aliphatic heterocycles. The molecule has 5 heteroatoms. The number of aromatic nitrogens is 2. The van der Waals surface area contributed by atoms with Crippen LogP contribution in [0.15, 0.2) is 12.4 Å². The molecule has 1 amide bonds. The van der Waals surface area contributed by atoms with Crippen molar-refractivity contribution in [2.24, 2.45) is 17.8 Å². The maximum absolute atomic E-state index is 12.3. The Kier molecular flexibility index (Phi) is 3.51. The van der Waals surface area contributed by atoms with Gasteiger partial charge in [-0.3, -0.25) is 4.79 Å². The number of carbonyl (C=O) groups excluding carboxylic acids is 1. The van der Waals surface area contributed by atoms with Crippen LogP contribution in [0, 0.1) is 24.7 Å². The minimum atomic E-state index is 0.325. The standard InChI is InChI=1S/C17H24N4O/c1-11-9-15(19-10-18-11)21-7-5-12(6-8-21)20-17(22)16-13-3-2-4-14(13)16/h9-10,12-14,16H,2-8H2,1H3,(H,20,22)/t13-,14-/m0/s1. The van der Waals surface area contributed by atoms with Gasteiger partial charge in [0, 0.05) is 36.8 Å². The quantitative estimate of drug-likeness (QED) is 0.926. The van der Waals surface area contributed by atoms with Crippen molar-refractivity contribution >= 4 is 11.7 Å². The number of rotatable bonds is 3. The summed E-state index contributed by atoms with van der Waals surface area (Å²) in [4.78, 5) is 23.1. The van der Waals surface area contributed by atoms with Gasteiger partial charge in [0.15, 0.2) is 0 Å². The number of aryl methyl sites for hydroxylation is 1. The third-order valence-corrected chi connectivity index (χ3v) is 5.66. The fourth-order valence-corrected chi connectivity index (χ4v) is 4.37. The molecule has 2 atom stereocenters. The van der Waals surface area contributed by atoms with Crippen molar-refractivity contribution in [1.82, 2.24) is 15.3 Å². The van der Waals surface area contributed by atoms with Gasteiger partial charge in [0.25, 0.3) is 0 Å². The van der Waals surface area contributed by atoms with Crippen LogP contribution in [-0.4, -0.2) is 35.0 Å². The molecule has 4 rings (SSSR count). The van der Waals surface area contributed by atoms with Gasteiger partial charge in [0.1, 0.15) is 12.1 Å². The van der Waals surface area contributed by atoms with Crippen LogP contribution >= 0.6 is 0 Å². The lowest BCUT2D eigenvalue weighted by atomic mass is 10.0. The minimum absolute atomic E-state index is 0.325. The van der Waals surface area contributed by atoms with Crippen LogP contribution in [0.2, 0.25) is 0 Å². The molecule has 3 aliphatic rings. The second-order valence-corrected chi connectivity index (χ2v) is 7.07. The number of amides is 1. The Labute approximate surface area is 131 Å². The molecular formula is C17H24N4O. The van der Waals surface area contributed by atoms with Gasteiger partial charge in [-0.05, 0) is 44.4 Å². The second kappa shape index (κ2) is 5.52. The minimum Gasteiger partial charge on any atom is -0.356 e. The topological polar surface area (TPSA) is 58.1 Å². The molecule has 22 heavy (non-hydrogen) atoms. The highest BCUT2D eigenvalue weighted by molar-refractivity contribution is 5.82. The van der Waals surface area contributed by atoms with E-state index in [0.29, 0.717) is 29.7 Å². The smallest absolute Gasteiger partial charge is 0.223 e. The zero-order valence-corrected chi connectivity index (χ0v) is 13.2. The van der Waals surface area contributed by atoms with Crippen molar-refractivity contribution in [3.05, 3.63) is 18.1 Å². The first-order valence-electron chi connectivity index (χ1n) is 8.56. The average molecular weight is 300 g/mol. The summed E-state index contributed by atoms with van der Waals surface area (Å²) in [6, 6.07) is 2.37. The summed E-state index contributed by atoms with van der Waals surface area (Å²) in [5.41, 5.74) is 1.00. The Morgan fingerprint density at radius 1 is 1.18 bits per heavy atom. The van der Waals surface area contributed by atoms with Crippen LogP contribution in [0.5, 0.6) is 0 Å². The van der Waals surface area contributed by atoms with Gasteiger partial charge in [-0.15, -0.1) is 0 Å². The highest BCUT2D eigenvalue weighted by Gasteiger charge is 2.56. The van der Waals surface area contributed by atoms with Crippen molar-refractivity contribution in [3.8, 4) is 0 Å². The monoisotopic (exact) mass is 300 g/mol. The van der Waals surface area contributed by atoms with Crippen molar-refractivity contribution < 1.29 is 4.79 Å². The van der Waals surface area contributed by atoms with Crippen LogP contribution in [0.25, 0.3) is 0 Å². The van der Waals surface area contributed by atoms with E-state index < -0.39 is 0 Å². The summed E-state index contributed by atoms with van der Waals surface area (Å²) in [6.07, 6.45) is 7.52. The van der Waals surface area contributed by atoms with E-state index in [2.05, 4.69) is 20.2 Å². The second-order valence-electron chi connectivity index (χ2n) is 7.07. The number of fused-ring (bicyclic) bond motifs is 1. The molecule has 5 nitrogen and oxygen atoms in total. The van der Waals surface area contributed by atoms with E-state index in [0.717, 1.165) is 37.4 Å². The fraction of sp³-hybridized carbons (Fsp3) is 0.706. The Balaban J connectivity index is 1.28. The van der Waals surface area contributed by atoms with Crippen LogP contribution in [-0.2, 0) is 4.79 Å². The van der Waals surface area contributed by atoms with Gasteiger partial charge in [-0.2, -0.15) is 0 Å². The Morgan fingerprint density at radius 2 is 1.91 bits per heavy atom. The van der Waals surface area contributed by atoms with E-state index in [-0.39, 0.29) is 0 Å². The summed E-state index contributed by atoms with van der Waals surface area (Å²) in [6.45, 7) is 3.91. The van der Waals surface area contributed by atoms with E-state index in [1.54, 1.807) is 6.33 Å². The SMILES string of the molecule is Cc1cc(N2CCC(NC(=O)C3[C@H]4CCC[C@H]34)CC2)ncn1. The molecule has 118 valence electrons. The first-order chi connectivity index (χ1) is 10.7. The van der Waals surface area contributed by atoms with Gasteiger partial charge < -0.3 is 10.2 Å². The molecule has 2 aliphatic carbocycles. The molecule has 0 radical (unpaired) electrons. The lowest BCUT2D eigenvalue weighted by Gasteiger charge is -2.33. The van der Waals surface area contributed by atoms with E-state index >= 15 is 0 Å². The van der Waals surface area contributed by atoms with Crippen molar-refractivity contribution in [2.45, 2.75) is 45.1 Å². The third-order valence-electron chi connectivity index (χ3n) is 5.66. The van der Waals surface area contributed by atoms with E-state index in [1.165, 1.54) is 19.3 Å². The van der Waals surface area contributed by atoms with Crippen LogP contribution < -0.4 is 10.2 Å². The number of nitrogens with zero attached hydrogens (tertiary/aromatic N) is 3. The van der Waals surface area contributed by atoms with Crippen molar-refractivity contribution in [3.63, 3.8) is 0 Å². The van der Waals surface area contributed by atoms with Gasteiger partial charge >= 0.3 is 0 Å². The van der Waals surface area contributed by atoms with Crippen LogP contribution in [0.3, 0.4) is 0 Å². The van der Waals surface area contributed by atoms with E-state index in [9.17, 15) is 4.79 Å². The number of nitrogens with one attached hydrogen (secondary N) is 1. The van der Waals surface area contributed by atoms with Crippen molar-refractivity contribution in [1.29, 1.82) is 0 Å². The molecular weight excluding hydrogens is 276 g/mol. The highest BCUT2D eigenvalue weighted by atomic mass is 16.2. The van der Waals surface area contributed by atoms with E-state index in [1.807, 2.05) is 13.0 Å². The highest BCUT2D eigenvalue weighted by Crippen LogP contribution is 2.57. The molecule has 0 aromatic carbocycles. The normalized spacial score (nSPS) is 31.0. The molecule has 2 heterocycles. The lowest BCUT2D eigenvalue weighted by Crippen LogP contribution is -2.45. The van der Waals surface area contributed by atoms with Gasteiger partial charge in [0.05, 0.1) is 0 Å². The molecule has 0 bridgehead atoms. The summed E-state index contributed by atoms with van der Waals surface area (Å²) >= 11 is 0. The van der Waals surface area contributed by atoms with Crippen LogP contribution in [0.4, 0.5) is 5.82 Å². The molecule has 0 unspecified atom stereocenters. The maximum atomic E-state index is 12.3. The molecule has 0 spiro atoms. The summed E-state index contributed by atoms with van der Waals surface area (Å²) < 4.78 is 0. The summed E-state index contributed by atoms with van der Waals surface area (Å²) in [7, 11) is 0. The maximum Gasteiger partial charge on any atom is 0.223 e. The Morgan fingerprint density at radius 3 is 2.59 bits per heavy atom. The van der Waals surface area contributed by atoms with Crippen LogP contribution in [0.1, 0.15) is 37.8 Å². The number of hydrogen-bond donors (Lipinski definition) is 1. The number of hydrogen-bond acceptors (Lipinski definition) is 4. The molecule has 1 N–H and O–H groups in total. The zero-order valence-electron chi connectivity index (χ0n) is 13.2. The Bertz CT molecular complexity index is 558. The molecule has 1 saturated heterocycles.